The zero-order chi connectivity index (χ0) is 21.8. The van der Waals surface area contributed by atoms with Crippen LogP contribution in [0.2, 0.25) is 5.02 Å². The smallest absolute Gasteiger partial charge is 0.119 e. The third kappa shape index (κ3) is 5.58. The molecule has 2 aromatic rings. The van der Waals surface area contributed by atoms with Gasteiger partial charge in [0.05, 0.1) is 32.0 Å². The van der Waals surface area contributed by atoms with Crippen LogP contribution >= 0.6 is 11.6 Å². The molecule has 0 bridgehead atoms. The van der Waals surface area contributed by atoms with Gasteiger partial charge in [-0.3, -0.25) is 0 Å². The summed E-state index contributed by atoms with van der Waals surface area (Å²) in [4.78, 5) is 0. The van der Waals surface area contributed by atoms with Gasteiger partial charge < -0.3 is 29.5 Å². The van der Waals surface area contributed by atoms with Gasteiger partial charge in [0.25, 0.3) is 0 Å². The summed E-state index contributed by atoms with van der Waals surface area (Å²) >= 11 is 6.44. The molecule has 7 heteroatoms. The molecule has 0 aliphatic carbocycles. The first-order valence-corrected chi connectivity index (χ1v) is 11.2. The van der Waals surface area contributed by atoms with Crippen LogP contribution in [-0.4, -0.2) is 59.6 Å². The van der Waals surface area contributed by atoms with Crippen molar-refractivity contribution in [2.45, 2.75) is 56.2 Å². The minimum atomic E-state index is -1.06. The second-order valence-corrected chi connectivity index (χ2v) is 8.66. The minimum Gasteiger partial charge on any atom is -0.490 e. The van der Waals surface area contributed by atoms with E-state index in [9.17, 15) is 15.3 Å². The van der Waals surface area contributed by atoms with Crippen LogP contribution in [0.25, 0.3) is 0 Å². The van der Waals surface area contributed by atoms with Crippen LogP contribution in [0.1, 0.15) is 42.1 Å². The van der Waals surface area contributed by atoms with Crippen LogP contribution in [0.15, 0.2) is 42.5 Å². The number of aliphatic hydroxyl groups excluding tert-OH is 3. The number of ether oxygens (including phenoxy) is 3. The molecule has 6 nitrogen and oxygen atoms in total. The fraction of sp³-hybridized carbons (Fsp3) is 0.500. The predicted molar refractivity (Wildman–Crippen MR) is 116 cm³/mol. The van der Waals surface area contributed by atoms with Crippen molar-refractivity contribution in [1.29, 1.82) is 0 Å². The molecular weight excluding hydrogens is 420 g/mol. The molecule has 2 fully saturated rings. The average molecular weight is 449 g/mol. The zero-order valence-corrected chi connectivity index (χ0v) is 18.1. The van der Waals surface area contributed by atoms with Crippen molar-refractivity contribution in [1.82, 2.24) is 0 Å². The molecule has 2 saturated heterocycles. The summed E-state index contributed by atoms with van der Waals surface area (Å²) in [5, 5.41) is 30.6. The largest absolute Gasteiger partial charge is 0.490 e. The van der Waals surface area contributed by atoms with Crippen LogP contribution < -0.4 is 4.74 Å². The highest BCUT2D eigenvalue weighted by atomic mass is 35.5. The first-order valence-electron chi connectivity index (χ1n) is 10.8. The van der Waals surface area contributed by atoms with E-state index < -0.39 is 24.4 Å². The molecule has 4 atom stereocenters. The van der Waals surface area contributed by atoms with E-state index in [1.165, 1.54) is 0 Å². The third-order valence-electron chi connectivity index (χ3n) is 5.94. The molecule has 2 aliphatic rings. The normalized spacial score (nSPS) is 27.2. The Hall–Kier alpha value is -1.67. The van der Waals surface area contributed by atoms with Crippen molar-refractivity contribution in [3.05, 3.63) is 64.2 Å². The van der Waals surface area contributed by atoms with Crippen LogP contribution in [0.5, 0.6) is 5.75 Å². The van der Waals surface area contributed by atoms with Gasteiger partial charge in [-0.15, -0.1) is 0 Å². The maximum Gasteiger partial charge on any atom is 0.119 e. The van der Waals surface area contributed by atoms with E-state index in [0.29, 0.717) is 11.4 Å². The Bertz CT molecular complexity index is 852. The van der Waals surface area contributed by atoms with Crippen LogP contribution in [-0.2, 0) is 15.9 Å². The van der Waals surface area contributed by atoms with E-state index in [2.05, 4.69) is 0 Å². The lowest BCUT2D eigenvalue weighted by atomic mass is 9.91. The first kappa shape index (κ1) is 22.5. The van der Waals surface area contributed by atoms with E-state index in [4.69, 9.17) is 25.8 Å². The highest BCUT2D eigenvalue weighted by Crippen LogP contribution is 2.34. The van der Waals surface area contributed by atoms with Crippen LogP contribution in [0.4, 0.5) is 0 Å². The molecular formula is C24H29ClO6. The molecule has 0 aromatic heterocycles. The zero-order valence-electron chi connectivity index (χ0n) is 17.3. The Labute approximate surface area is 187 Å². The summed E-state index contributed by atoms with van der Waals surface area (Å²) < 4.78 is 17.2. The summed E-state index contributed by atoms with van der Waals surface area (Å²) in [6, 6.07) is 13.5. The summed E-state index contributed by atoms with van der Waals surface area (Å²) in [5.41, 5.74) is 2.70. The molecule has 4 rings (SSSR count). The number of halogens is 1. The minimum absolute atomic E-state index is 0.200. The maximum absolute atomic E-state index is 10.4. The Morgan fingerprint density at radius 3 is 2.48 bits per heavy atom. The average Bonchev–Trinajstić information content (AvgIpc) is 2.79. The van der Waals surface area contributed by atoms with Gasteiger partial charge in [-0.25, -0.2) is 0 Å². The Kier molecular flexibility index (Phi) is 7.48. The number of benzene rings is 2. The second kappa shape index (κ2) is 10.3. The fourth-order valence-corrected chi connectivity index (χ4v) is 4.33. The van der Waals surface area contributed by atoms with Crippen molar-refractivity contribution in [3.8, 4) is 5.75 Å². The predicted octanol–water partition coefficient (Wildman–Crippen LogP) is 3.03. The number of aliphatic hydroxyl groups is 3. The van der Waals surface area contributed by atoms with Gasteiger partial charge in [0.15, 0.2) is 0 Å². The molecule has 2 heterocycles. The standard InChI is InChI=1S/C24H29ClO6/c25-21-6-3-16(24-23(28)22(27)13-20(14-26)31-24)12-17(21)11-15-1-4-18(5-2-15)30-19-7-9-29-10-8-19/h1-6,12,19-20,22-24,26-28H,7-11,13-14H2. The lowest BCUT2D eigenvalue weighted by molar-refractivity contribution is -0.179. The van der Waals surface area contributed by atoms with Gasteiger partial charge in [-0.1, -0.05) is 35.9 Å². The van der Waals surface area contributed by atoms with Crippen molar-refractivity contribution in [2.75, 3.05) is 19.8 Å². The van der Waals surface area contributed by atoms with Gasteiger partial charge in [0, 0.05) is 24.3 Å². The Morgan fingerprint density at radius 2 is 1.77 bits per heavy atom. The molecule has 2 aromatic carbocycles. The quantitative estimate of drug-likeness (QED) is 0.629. The molecule has 0 spiro atoms. The number of hydrogen-bond donors (Lipinski definition) is 3. The molecule has 2 aliphatic heterocycles. The number of rotatable bonds is 6. The molecule has 4 unspecified atom stereocenters. The molecule has 31 heavy (non-hydrogen) atoms. The van der Waals surface area contributed by atoms with E-state index in [-0.39, 0.29) is 19.1 Å². The number of hydrogen-bond acceptors (Lipinski definition) is 6. The fourth-order valence-electron chi connectivity index (χ4n) is 4.15. The van der Waals surface area contributed by atoms with E-state index in [1.54, 1.807) is 12.1 Å². The summed E-state index contributed by atoms with van der Waals surface area (Å²) in [6.07, 6.45) is -0.396. The monoisotopic (exact) mass is 448 g/mol. The molecule has 0 amide bonds. The summed E-state index contributed by atoms with van der Waals surface area (Å²) in [7, 11) is 0. The van der Waals surface area contributed by atoms with E-state index in [1.807, 2.05) is 30.3 Å². The van der Waals surface area contributed by atoms with Gasteiger partial charge in [0.2, 0.25) is 0 Å². The van der Waals surface area contributed by atoms with Gasteiger partial charge in [-0.2, -0.15) is 0 Å². The highest BCUT2D eigenvalue weighted by Gasteiger charge is 2.37. The van der Waals surface area contributed by atoms with Crippen LogP contribution in [0, 0.1) is 0 Å². The summed E-state index contributed by atoms with van der Waals surface area (Å²) in [6.45, 7) is 1.28. The van der Waals surface area contributed by atoms with Crippen molar-refractivity contribution < 1.29 is 29.5 Å². The molecule has 3 N–H and O–H groups in total. The maximum atomic E-state index is 10.4. The van der Waals surface area contributed by atoms with Gasteiger partial charge >= 0.3 is 0 Å². The third-order valence-corrected chi connectivity index (χ3v) is 6.31. The summed E-state index contributed by atoms with van der Waals surface area (Å²) in [5.74, 6) is 0.846. The van der Waals surface area contributed by atoms with Crippen molar-refractivity contribution in [3.63, 3.8) is 0 Å². The van der Waals surface area contributed by atoms with Crippen LogP contribution in [0.3, 0.4) is 0 Å². The highest BCUT2D eigenvalue weighted by molar-refractivity contribution is 6.31. The van der Waals surface area contributed by atoms with E-state index >= 15 is 0 Å². The van der Waals surface area contributed by atoms with Crippen molar-refractivity contribution in [2.24, 2.45) is 0 Å². The van der Waals surface area contributed by atoms with Gasteiger partial charge in [0.1, 0.15) is 24.1 Å². The topological polar surface area (TPSA) is 88.4 Å². The SMILES string of the molecule is OCC1CC(O)C(O)C(c2ccc(Cl)c(Cc3ccc(OC4CCOCC4)cc3)c2)O1. The van der Waals surface area contributed by atoms with E-state index in [0.717, 1.165) is 48.5 Å². The van der Waals surface area contributed by atoms with Gasteiger partial charge in [-0.05, 0) is 41.3 Å². The molecule has 0 radical (unpaired) electrons. The molecule has 168 valence electrons. The lowest BCUT2D eigenvalue weighted by Crippen LogP contribution is -2.44. The first-order chi connectivity index (χ1) is 15.0. The van der Waals surface area contributed by atoms with Crippen molar-refractivity contribution >= 4 is 11.6 Å². The lowest BCUT2D eigenvalue weighted by Gasteiger charge is -2.37. The second-order valence-electron chi connectivity index (χ2n) is 8.26. The molecule has 0 saturated carbocycles. The Balaban J connectivity index is 1.46. The Morgan fingerprint density at radius 1 is 1.03 bits per heavy atom.